The minimum atomic E-state index is 0. The van der Waals surface area contributed by atoms with Gasteiger partial charge in [0, 0.05) is 49.6 Å². The summed E-state index contributed by atoms with van der Waals surface area (Å²) in [4.78, 5) is 4.22. The molecule has 0 unspecified atom stereocenters. The van der Waals surface area contributed by atoms with Crippen LogP contribution < -0.4 is 4.58 Å². The van der Waals surface area contributed by atoms with Crippen molar-refractivity contribution in [3.63, 3.8) is 0 Å². The van der Waals surface area contributed by atoms with E-state index < -0.39 is 0 Å². The average molecular weight is 702 g/mol. The Hall–Kier alpha value is -3.72. The Morgan fingerprint density at radius 1 is 0.795 bits per heavy atom. The standard InChI is InChI=1S/C23H19N2S.C11H8N.Ir/c1-2-3-15-24-16-25(20-12-6-5-11-19(20)24)21-13-8-10-18-17-9-4-7-14-22(17)26-23(18)21;1-2-6-10(7-3-1)11-8-4-5-9-12-11;/h4-12,14H,2-3,15H2,1H3;1-6,8-9H;/q+1;-1;. The molecule has 4 aromatic carbocycles. The maximum absolute atomic E-state index is 4.22. The summed E-state index contributed by atoms with van der Waals surface area (Å²) in [6.07, 6.45) is 4.13. The van der Waals surface area contributed by atoms with Gasteiger partial charge in [-0.3, -0.25) is 0 Å². The van der Waals surface area contributed by atoms with E-state index in [4.69, 9.17) is 0 Å². The minimum absolute atomic E-state index is 0. The van der Waals surface area contributed by atoms with Crippen LogP contribution in [-0.2, 0) is 20.1 Å². The van der Waals surface area contributed by atoms with Crippen LogP contribution in [0.15, 0.2) is 109 Å². The van der Waals surface area contributed by atoms with Crippen LogP contribution in [0.5, 0.6) is 0 Å². The zero-order valence-electron chi connectivity index (χ0n) is 21.6. The van der Waals surface area contributed by atoms with Gasteiger partial charge < -0.3 is 4.98 Å². The summed E-state index contributed by atoms with van der Waals surface area (Å²) in [5.74, 6) is 0. The summed E-state index contributed by atoms with van der Waals surface area (Å²) in [6.45, 7) is 3.22. The van der Waals surface area contributed by atoms with Gasteiger partial charge in [-0.25, -0.2) is 0 Å². The van der Waals surface area contributed by atoms with Gasteiger partial charge in [0.05, 0.1) is 0 Å². The number of nitrogens with zero attached hydrogens (tertiary/aromatic N) is 3. The van der Waals surface area contributed by atoms with Gasteiger partial charge >= 0.3 is 6.01 Å². The molecule has 0 spiro atoms. The van der Waals surface area contributed by atoms with E-state index in [0.717, 1.165) is 29.9 Å². The van der Waals surface area contributed by atoms with E-state index in [1.165, 1.54) is 38.0 Å². The number of thiophene rings is 1. The predicted molar refractivity (Wildman–Crippen MR) is 159 cm³/mol. The van der Waals surface area contributed by atoms with Crippen molar-refractivity contribution in [1.29, 1.82) is 0 Å². The van der Waals surface area contributed by atoms with Crippen LogP contribution in [-0.4, -0.2) is 22.1 Å². The van der Waals surface area contributed by atoms with Crippen molar-refractivity contribution >= 4 is 54.6 Å². The number of hydrogen-bond donors (Lipinski definition) is 0. The van der Waals surface area contributed by atoms with Crippen molar-refractivity contribution in [2.75, 3.05) is 6.54 Å². The van der Waals surface area contributed by atoms with Gasteiger partial charge in [-0.2, -0.15) is 23.5 Å². The first-order chi connectivity index (χ1) is 18.8. The van der Waals surface area contributed by atoms with E-state index in [9.17, 15) is 0 Å². The largest absolute Gasteiger partial charge is 0.494 e. The molecule has 5 heteroatoms. The van der Waals surface area contributed by atoms with Gasteiger partial charge in [0.15, 0.2) is 6.54 Å². The fourth-order valence-electron chi connectivity index (χ4n) is 4.68. The molecule has 0 N–H and O–H groups in total. The molecule has 0 amide bonds. The quantitative estimate of drug-likeness (QED) is 0.130. The van der Waals surface area contributed by atoms with E-state index in [1.54, 1.807) is 6.20 Å². The van der Waals surface area contributed by atoms with Gasteiger partial charge in [-0.1, -0.05) is 65.0 Å². The first-order valence-electron chi connectivity index (χ1n) is 13.0. The van der Waals surface area contributed by atoms with Crippen LogP contribution >= 0.6 is 11.3 Å². The second-order valence-corrected chi connectivity index (χ2v) is 10.1. The average Bonchev–Trinajstić information content (AvgIpc) is 3.56. The molecule has 0 fully saturated rings. The van der Waals surface area contributed by atoms with Gasteiger partial charge in [0.2, 0.25) is 0 Å². The predicted octanol–water partition coefficient (Wildman–Crippen LogP) is 8.87. The molecule has 2 aromatic heterocycles. The molecule has 6 aromatic rings. The molecule has 7 rings (SSSR count). The molecule has 0 aliphatic carbocycles. The first-order valence-corrected chi connectivity index (χ1v) is 13.8. The Kier molecular flexibility index (Phi) is 8.56. The summed E-state index contributed by atoms with van der Waals surface area (Å²) in [6, 6.07) is 45.3. The van der Waals surface area contributed by atoms with Crippen molar-refractivity contribution in [2.45, 2.75) is 19.8 Å². The number of unbranched alkanes of at least 4 members (excludes halogenated alkanes) is 1. The second kappa shape index (κ2) is 12.4. The van der Waals surface area contributed by atoms with Crippen molar-refractivity contribution in [1.82, 2.24) is 9.56 Å². The summed E-state index contributed by atoms with van der Waals surface area (Å²) in [5.41, 5.74) is 5.52. The number of hydrogen-bond acceptors (Lipinski definition) is 2. The maximum Gasteiger partial charge on any atom is 0.494 e. The van der Waals surface area contributed by atoms with E-state index in [2.05, 4.69) is 93.8 Å². The molecule has 3 nitrogen and oxygen atoms in total. The normalized spacial score (nSPS) is 11.7. The molecule has 1 aliphatic heterocycles. The minimum Gasteiger partial charge on any atom is -0.305 e. The first kappa shape index (κ1) is 26.9. The Balaban J connectivity index is 0.000000200. The number of rotatable bonds is 5. The fraction of sp³-hybridized carbons (Fsp3) is 0.118. The van der Waals surface area contributed by atoms with Crippen molar-refractivity contribution < 1.29 is 24.7 Å². The molecule has 0 bridgehead atoms. The van der Waals surface area contributed by atoms with Crippen molar-refractivity contribution in [3.05, 3.63) is 121 Å². The molecular weight excluding hydrogens is 675 g/mol. The summed E-state index contributed by atoms with van der Waals surface area (Å²) in [5, 5.41) is 2.61. The maximum atomic E-state index is 4.22. The summed E-state index contributed by atoms with van der Waals surface area (Å²) in [7, 11) is 0. The third kappa shape index (κ3) is 5.54. The molecular formula is C34H27IrN3S. The Labute approximate surface area is 246 Å². The van der Waals surface area contributed by atoms with Crippen molar-refractivity contribution in [2.24, 2.45) is 0 Å². The Morgan fingerprint density at radius 3 is 2.38 bits per heavy atom. The van der Waals surface area contributed by atoms with E-state index in [1.807, 2.05) is 59.9 Å². The summed E-state index contributed by atoms with van der Waals surface area (Å²) >= 11 is 1.84. The van der Waals surface area contributed by atoms with E-state index in [-0.39, 0.29) is 20.1 Å². The van der Waals surface area contributed by atoms with Crippen molar-refractivity contribution in [3.8, 4) is 11.3 Å². The van der Waals surface area contributed by atoms with Gasteiger partial charge in [0.1, 0.15) is 5.69 Å². The van der Waals surface area contributed by atoms with Crippen LogP contribution in [0.25, 0.3) is 31.4 Å². The zero-order valence-corrected chi connectivity index (χ0v) is 24.8. The van der Waals surface area contributed by atoms with Crippen LogP contribution in [0.2, 0.25) is 0 Å². The number of fused-ring (bicyclic) bond motifs is 4. The molecule has 0 saturated carbocycles. The van der Waals surface area contributed by atoms with Gasteiger partial charge in [0.25, 0.3) is 11.4 Å². The molecule has 39 heavy (non-hydrogen) atoms. The molecule has 1 radical (unpaired) electrons. The van der Waals surface area contributed by atoms with Crippen LogP contribution in [0.4, 0.5) is 17.1 Å². The topological polar surface area (TPSA) is 18.9 Å². The second-order valence-electron chi connectivity index (χ2n) is 9.09. The molecule has 1 aliphatic rings. The number of benzene rings is 4. The zero-order chi connectivity index (χ0) is 25.7. The van der Waals surface area contributed by atoms with Crippen LogP contribution in [0.3, 0.4) is 0 Å². The number of aromatic nitrogens is 1. The SMILES string of the molecule is CCCC[N+]1=C=[N+](c2[c-]ccc3c2sc2ccccc23)c2ccccc21.[Ir].[c-]1ccccc1-c1ccccn1. The monoisotopic (exact) mass is 702 g/mol. The fourth-order valence-corrected chi connectivity index (χ4v) is 5.87. The number of pyridine rings is 1. The molecule has 193 valence electrons. The van der Waals surface area contributed by atoms with Crippen LogP contribution in [0, 0.1) is 12.1 Å². The molecule has 0 saturated heterocycles. The summed E-state index contributed by atoms with van der Waals surface area (Å²) < 4.78 is 7.02. The Morgan fingerprint density at radius 2 is 1.59 bits per heavy atom. The third-order valence-electron chi connectivity index (χ3n) is 6.56. The number of para-hydroxylation sites is 2. The van der Waals surface area contributed by atoms with Gasteiger partial charge in [-0.15, -0.1) is 47.3 Å². The smallest absolute Gasteiger partial charge is 0.305 e. The Bertz CT molecular complexity index is 1750. The van der Waals surface area contributed by atoms with E-state index in [0.29, 0.717) is 0 Å². The van der Waals surface area contributed by atoms with E-state index >= 15 is 0 Å². The molecule has 0 atom stereocenters. The van der Waals surface area contributed by atoms with Crippen LogP contribution in [0.1, 0.15) is 19.8 Å². The third-order valence-corrected chi connectivity index (χ3v) is 7.76. The molecule has 3 heterocycles. The van der Waals surface area contributed by atoms with Gasteiger partial charge in [-0.05, 0) is 27.9 Å².